The van der Waals surface area contributed by atoms with Gasteiger partial charge in [-0.3, -0.25) is 0 Å². The van der Waals surface area contributed by atoms with E-state index in [1.165, 1.54) is 51.4 Å². The van der Waals surface area contributed by atoms with Gasteiger partial charge >= 0.3 is 0 Å². The Balaban J connectivity index is 1.71. The molecule has 0 aliphatic heterocycles. The molecule has 1 heteroatoms. The van der Waals surface area contributed by atoms with Gasteiger partial charge in [0.2, 0.25) is 0 Å². The van der Waals surface area contributed by atoms with E-state index in [9.17, 15) is 4.39 Å². The lowest BCUT2D eigenvalue weighted by molar-refractivity contribution is 0.151. The molecule has 2 aliphatic rings. The third-order valence-electron chi connectivity index (χ3n) is 5.18. The zero-order chi connectivity index (χ0) is 12.1. The Morgan fingerprint density at radius 2 is 1.41 bits per heavy atom. The second-order valence-corrected chi connectivity index (χ2v) is 6.40. The first-order chi connectivity index (χ1) is 8.29. The summed E-state index contributed by atoms with van der Waals surface area (Å²) < 4.78 is 12.0. The Labute approximate surface area is 106 Å². The minimum absolute atomic E-state index is 0.717. The number of halogens is 1. The van der Waals surface area contributed by atoms with Crippen molar-refractivity contribution >= 4 is 0 Å². The Hall–Kier alpha value is -0.330. The smallest absolute Gasteiger partial charge is 0.0827 e. The Kier molecular flexibility index (Phi) is 5.06. The molecule has 0 aromatic heterocycles. The van der Waals surface area contributed by atoms with Crippen molar-refractivity contribution in [1.29, 1.82) is 0 Å². The van der Waals surface area contributed by atoms with Crippen LogP contribution in [0.5, 0.6) is 0 Å². The van der Waals surface area contributed by atoms with Crippen molar-refractivity contribution in [3.05, 3.63) is 12.4 Å². The zero-order valence-electron chi connectivity index (χ0n) is 11.2. The van der Waals surface area contributed by atoms with Crippen molar-refractivity contribution in [2.24, 2.45) is 23.7 Å². The highest BCUT2D eigenvalue weighted by molar-refractivity contribution is 4.84. The molecule has 0 nitrogen and oxygen atoms in total. The molecule has 0 heterocycles. The van der Waals surface area contributed by atoms with Crippen LogP contribution in [0.15, 0.2) is 12.4 Å². The normalized spacial score (nSPS) is 39.6. The zero-order valence-corrected chi connectivity index (χ0v) is 11.2. The summed E-state index contributed by atoms with van der Waals surface area (Å²) in [5.74, 6) is 3.75. The molecular formula is C16H27F. The third-order valence-corrected chi connectivity index (χ3v) is 5.18. The Morgan fingerprint density at radius 1 is 0.882 bits per heavy atom. The van der Waals surface area contributed by atoms with Gasteiger partial charge in [-0.2, -0.15) is 0 Å². The molecule has 0 aromatic rings. The lowest BCUT2D eigenvalue weighted by Gasteiger charge is -2.37. The number of hydrogen-bond donors (Lipinski definition) is 0. The molecule has 0 amide bonds. The number of hydrogen-bond acceptors (Lipinski definition) is 0. The first-order valence-electron chi connectivity index (χ1n) is 7.54. The fraction of sp³-hybridized carbons (Fsp3) is 0.875. The van der Waals surface area contributed by atoms with Crippen molar-refractivity contribution in [1.82, 2.24) is 0 Å². The lowest BCUT2D eigenvalue weighted by Crippen LogP contribution is -2.25. The molecule has 0 radical (unpaired) electrons. The van der Waals surface area contributed by atoms with E-state index in [0.29, 0.717) is 6.33 Å². The summed E-state index contributed by atoms with van der Waals surface area (Å²) in [4.78, 5) is 0. The van der Waals surface area contributed by atoms with Gasteiger partial charge in [-0.15, -0.1) is 0 Å². The van der Waals surface area contributed by atoms with Crippen LogP contribution in [0.25, 0.3) is 0 Å². The van der Waals surface area contributed by atoms with E-state index < -0.39 is 0 Å². The second kappa shape index (κ2) is 6.56. The summed E-state index contributed by atoms with van der Waals surface area (Å²) in [5.41, 5.74) is 0. The maximum absolute atomic E-state index is 12.0. The molecule has 2 rings (SSSR count). The summed E-state index contributed by atoms with van der Waals surface area (Å²) in [6.45, 7) is 2.40. The Morgan fingerprint density at radius 3 is 1.94 bits per heavy atom. The van der Waals surface area contributed by atoms with Gasteiger partial charge in [-0.1, -0.05) is 25.8 Å². The van der Waals surface area contributed by atoms with E-state index in [0.717, 1.165) is 30.1 Å². The summed E-state index contributed by atoms with van der Waals surface area (Å²) in [6.07, 6.45) is 14.7. The second-order valence-electron chi connectivity index (χ2n) is 6.40. The molecular weight excluding hydrogens is 211 g/mol. The van der Waals surface area contributed by atoms with Gasteiger partial charge in [-0.25, -0.2) is 4.39 Å². The maximum atomic E-state index is 12.0. The van der Waals surface area contributed by atoms with Crippen LogP contribution < -0.4 is 0 Å². The molecule has 2 fully saturated rings. The molecule has 0 atom stereocenters. The molecule has 0 spiro atoms. The highest BCUT2D eigenvalue weighted by atomic mass is 19.1. The molecule has 98 valence electrons. The highest BCUT2D eigenvalue weighted by Gasteiger charge is 2.29. The predicted molar refractivity (Wildman–Crippen MR) is 71.4 cm³/mol. The van der Waals surface area contributed by atoms with Crippen LogP contribution in [0.3, 0.4) is 0 Å². The average molecular weight is 238 g/mol. The monoisotopic (exact) mass is 238 g/mol. The molecule has 0 N–H and O–H groups in total. The van der Waals surface area contributed by atoms with Crippen molar-refractivity contribution in [2.75, 3.05) is 0 Å². The van der Waals surface area contributed by atoms with Gasteiger partial charge in [-0.05, 0) is 68.6 Å². The molecule has 0 bridgehead atoms. The molecule has 2 aliphatic carbocycles. The summed E-state index contributed by atoms with van der Waals surface area (Å²) in [5, 5.41) is 0. The lowest BCUT2D eigenvalue weighted by atomic mass is 9.69. The Bertz CT molecular complexity index is 230. The fourth-order valence-electron chi connectivity index (χ4n) is 3.90. The van der Waals surface area contributed by atoms with Crippen LogP contribution >= 0.6 is 0 Å². The van der Waals surface area contributed by atoms with Crippen molar-refractivity contribution in [3.63, 3.8) is 0 Å². The van der Waals surface area contributed by atoms with Gasteiger partial charge in [0.15, 0.2) is 0 Å². The molecule has 0 unspecified atom stereocenters. The minimum atomic E-state index is 0.717. The van der Waals surface area contributed by atoms with E-state index >= 15 is 0 Å². The molecule has 2 saturated carbocycles. The van der Waals surface area contributed by atoms with Crippen LogP contribution in [0.4, 0.5) is 4.39 Å². The first kappa shape index (κ1) is 13.1. The van der Waals surface area contributed by atoms with E-state index in [-0.39, 0.29) is 0 Å². The summed E-state index contributed by atoms with van der Waals surface area (Å²) in [7, 11) is 0. The van der Waals surface area contributed by atoms with Gasteiger partial charge in [0.25, 0.3) is 0 Å². The van der Waals surface area contributed by atoms with Crippen molar-refractivity contribution in [2.45, 2.75) is 64.7 Å². The largest absolute Gasteiger partial charge is 0.216 e. The standard InChI is InChI=1S/C16H27F/c1-13-4-8-15(9-5-13)16-10-6-14(7-11-16)3-2-12-17/h2,12-16H,3-11H2,1H3/b12-2+. The SMILES string of the molecule is CC1CCC(C2CCC(C/C=C/F)CC2)CC1. The van der Waals surface area contributed by atoms with Gasteiger partial charge in [0.05, 0.1) is 6.33 Å². The van der Waals surface area contributed by atoms with Crippen LogP contribution in [0.2, 0.25) is 0 Å². The molecule has 17 heavy (non-hydrogen) atoms. The van der Waals surface area contributed by atoms with Gasteiger partial charge in [0, 0.05) is 0 Å². The van der Waals surface area contributed by atoms with Crippen LogP contribution in [0, 0.1) is 23.7 Å². The average Bonchev–Trinajstić information content (AvgIpc) is 2.38. The van der Waals surface area contributed by atoms with E-state index in [1.54, 1.807) is 6.08 Å². The highest BCUT2D eigenvalue weighted by Crippen LogP contribution is 2.41. The third kappa shape index (κ3) is 3.82. The fourth-order valence-corrected chi connectivity index (χ4v) is 3.90. The first-order valence-corrected chi connectivity index (χ1v) is 7.54. The van der Waals surface area contributed by atoms with Crippen LogP contribution in [-0.4, -0.2) is 0 Å². The predicted octanol–water partition coefficient (Wildman–Crippen LogP) is 5.49. The number of allylic oxidation sites excluding steroid dienone is 1. The van der Waals surface area contributed by atoms with Crippen LogP contribution in [-0.2, 0) is 0 Å². The molecule has 0 saturated heterocycles. The summed E-state index contributed by atoms with van der Waals surface area (Å²) >= 11 is 0. The quantitative estimate of drug-likeness (QED) is 0.609. The summed E-state index contributed by atoms with van der Waals surface area (Å²) in [6, 6.07) is 0. The maximum Gasteiger partial charge on any atom is 0.0827 e. The van der Waals surface area contributed by atoms with Crippen LogP contribution in [0.1, 0.15) is 64.7 Å². The topological polar surface area (TPSA) is 0 Å². The van der Waals surface area contributed by atoms with Crippen molar-refractivity contribution in [3.8, 4) is 0 Å². The van der Waals surface area contributed by atoms with Crippen molar-refractivity contribution < 1.29 is 4.39 Å². The van der Waals surface area contributed by atoms with Gasteiger partial charge < -0.3 is 0 Å². The van der Waals surface area contributed by atoms with Gasteiger partial charge in [0.1, 0.15) is 0 Å². The minimum Gasteiger partial charge on any atom is -0.216 e. The van der Waals surface area contributed by atoms with E-state index in [1.807, 2.05) is 0 Å². The van der Waals surface area contributed by atoms with E-state index in [4.69, 9.17) is 0 Å². The van der Waals surface area contributed by atoms with E-state index in [2.05, 4.69) is 6.92 Å². The molecule has 0 aromatic carbocycles. The number of rotatable bonds is 3.